The Morgan fingerprint density at radius 2 is 2.03 bits per heavy atom. The first-order chi connectivity index (χ1) is 15.0. The third-order valence-electron chi connectivity index (χ3n) is 5.58. The fraction of sp³-hybridized carbons (Fsp3) is 0.208. The summed E-state index contributed by atoms with van der Waals surface area (Å²) in [5.74, 6) is 0.693. The molecule has 3 aliphatic rings. The van der Waals surface area contributed by atoms with E-state index in [2.05, 4.69) is 16.8 Å². The maximum atomic E-state index is 13.8. The van der Waals surface area contributed by atoms with Gasteiger partial charge in [0.1, 0.15) is 5.82 Å². The number of nitrogens with zero attached hydrogens (tertiary/aromatic N) is 2. The Hall–Kier alpha value is -3.06. The number of nitrogens with one attached hydrogen (secondary N) is 2. The zero-order chi connectivity index (χ0) is 21.6. The summed E-state index contributed by atoms with van der Waals surface area (Å²) in [6.07, 6.45) is 12.0. The van der Waals surface area contributed by atoms with Gasteiger partial charge in [-0.2, -0.15) is 0 Å². The van der Waals surface area contributed by atoms with Crippen LogP contribution >= 0.6 is 11.6 Å². The van der Waals surface area contributed by atoms with Gasteiger partial charge in [-0.25, -0.2) is 5.43 Å². The molecule has 1 atom stereocenters. The summed E-state index contributed by atoms with van der Waals surface area (Å²) in [7, 11) is 0. The van der Waals surface area contributed by atoms with E-state index in [9.17, 15) is 4.79 Å². The number of benzene rings is 1. The zero-order valence-corrected chi connectivity index (χ0v) is 18.1. The van der Waals surface area contributed by atoms with Crippen LogP contribution in [-0.2, 0) is 4.74 Å². The minimum atomic E-state index is -0.700. The zero-order valence-electron chi connectivity index (χ0n) is 17.4. The Balaban J connectivity index is 1.71. The SMILES string of the molecule is CCO[C@@]1(C)C=Cc2cc(C3=CC4=CCNN4C=C3)c(=O)n(-c3ccc(Cl)cc3)c2N1. The van der Waals surface area contributed by atoms with Crippen molar-refractivity contribution in [3.8, 4) is 5.69 Å². The third kappa shape index (κ3) is 3.53. The van der Waals surface area contributed by atoms with Crippen molar-refractivity contribution in [2.24, 2.45) is 0 Å². The number of ether oxygens (including phenoxy) is 1. The maximum Gasteiger partial charge on any atom is 0.264 e. The molecule has 1 aromatic heterocycles. The first kappa shape index (κ1) is 19.9. The molecule has 0 saturated carbocycles. The van der Waals surface area contributed by atoms with E-state index in [1.807, 2.05) is 67.6 Å². The van der Waals surface area contributed by atoms with Crippen LogP contribution in [-0.4, -0.2) is 28.5 Å². The summed E-state index contributed by atoms with van der Waals surface area (Å²) >= 11 is 6.10. The Morgan fingerprint density at radius 1 is 1.23 bits per heavy atom. The molecule has 2 N–H and O–H groups in total. The molecule has 5 rings (SSSR count). The van der Waals surface area contributed by atoms with E-state index in [-0.39, 0.29) is 5.56 Å². The van der Waals surface area contributed by atoms with Crippen molar-refractivity contribution >= 4 is 29.1 Å². The van der Waals surface area contributed by atoms with Crippen LogP contribution in [0.5, 0.6) is 0 Å². The van der Waals surface area contributed by atoms with Gasteiger partial charge in [-0.3, -0.25) is 14.4 Å². The number of anilines is 1. The monoisotopic (exact) mass is 434 g/mol. The molecule has 0 unspecified atom stereocenters. The molecule has 31 heavy (non-hydrogen) atoms. The predicted molar refractivity (Wildman–Crippen MR) is 125 cm³/mol. The number of fused-ring (bicyclic) bond motifs is 2. The normalized spacial score (nSPS) is 21.3. The number of allylic oxidation sites excluding steroid dienone is 3. The van der Waals surface area contributed by atoms with Gasteiger partial charge in [0, 0.05) is 35.5 Å². The van der Waals surface area contributed by atoms with E-state index in [0.717, 1.165) is 29.1 Å². The molecule has 0 spiro atoms. The highest BCUT2D eigenvalue weighted by Crippen LogP contribution is 2.33. The molecule has 158 valence electrons. The molecule has 0 saturated heterocycles. The molecule has 0 fully saturated rings. The number of halogens is 1. The average molecular weight is 435 g/mol. The second-order valence-electron chi connectivity index (χ2n) is 7.75. The predicted octanol–water partition coefficient (Wildman–Crippen LogP) is 4.30. The summed E-state index contributed by atoms with van der Waals surface area (Å²) < 4.78 is 7.59. The lowest BCUT2D eigenvalue weighted by molar-refractivity contribution is 0.0352. The Labute approximate surface area is 185 Å². The Bertz CT molecular complexity index is 1220. The summed E-state index contributed by atoms with van der Waals surface area (Å²) in [6.45, 7) is 5.21. The van der Waals surface area contributed by atoms with E-state index >= 15 is 0 Å². The highest BCUT2D eigenvalue weighted by molar-refractivity contribution is 6.30. The van der Waals surface area contributed by atoms with E-state index in [1.54, 1.807) is 16.7 Å². The van der Waals surface area contributed by atoms with Crippen molar-refractivity contribution < 1.29 is 4.74 Å². The minimum absolute atomic E-state index is 0.112. The van der Waals surface area contributed by atoms with Gasteiger partial charge in [0.05, 0.1) is 11.4 Å². The largest absolute Gasteiger partial charge is 0.353 e. The van der Waals surface area contributed by atoms with E-state index in [1.165, 1.54) is 0 Å². The summed E-state index contributed by atoms with van der Waals surface area (Å²) in [6, 6.07) is 9.21. The van der Waals surface area contributed by atoms with Gasteiger partial charge in [0.15, 0.2) is 5.72 Å². The van der Waals surface area contributed by atoms with Crippen LogP contribution in [0, 0.1) is 0 Å². The van der Waals surface area contributed by atoms with Crippen molar-refractivity contribution in [2.75, 3.05) is 18.5 Å². The van der Waals surface area contributed by atoms with Gasteiger partial charge < -0.3 is 10.1 Å². The van der Waals surface area contributed by atoms with Gasteiger partial charge in [0.2, 0.25) is 0 Å². The first-order valence-corrected chi connectivity index (χ1v) is 10.7. The van der Waals surface area contributed by atoms with E-state index < -0.39 is 5.72 Å². The van der Waals surface area contributed by atoms with Crippen molar-refractivity contribution in [3.63, 3.8) is 0 Å². The van der Waals surface area contributed by atoms with Gasteiger partial charge >= 0.3 is 0 Å². The van der Waals surface area contributed by atoms with Crippen molar-refractivity contribution in [1.82, 2.24) is 15.0 Å². The Kier molecular flexibility index (Phi) is 4.85. The smallest absolute Gasteiger partial charge is 0.264 e. The second-order valence-corrected chi connectivity index (χ2v) is 8.19. The third-order valence-corrected chi connectivity index (χ3v) is 5.83. The summed E-state index contributed by atoms with van der Waals surface area (Å²) in [4.78, 5) is 13.8. The number of rotatable bonds is 4. The van der Waals surface area contributed by atoms with E-state index in [0.29, 0.717) is 23.0 Å². The van der Waals surface area contributed by atoms with Crippen LogP contribution in [0.25, 0.3) is 17.3 Å². The van der Waals surface area contributed by atoms with Crippen molar-refractivity contribution in [1.29, 1.82) is 0 Å². The molecule has 0 amide bonds. The second kappa shape index (κ2) is 7.57. The van der Waals surface area contributed by atoms with Crippen LogP contribution in [0.4, 0.5) is 5.82 Å². The number of hydrazine groups is 1. The lowest BCUT2D eigenvalue weighted by Crippen LogP contribution is -2.40. The van der Waals surface area contributed by atoms with Crippen LogP contribution < -0.4 is 16.3 Å². The number of hydrogen-bond donors (Lipinski definition) is 2. The van der Waals surface area contributed by atoms with Gasteiger partial charge in [-0.1, -0.05) is 17.7 Å². The fourth-order valence-electron chi connectivity index (χ4n) is 4.08. The fourth-order valence-corrected chi connectivity index (χ4v) is 4.21. The molecular weight excluding hydrogens is 412 g/mol. The van der Waals surface area contributed by atoms with Crippen LogP contribution in [0.1, 0.15) is 25.0 Å². The molecule has 0 aliphatic carbocycles. The van der Waals surface area contributed by atoms with E-state index in [4.69, 9.17) is 16.3 Å². The molecule has 0 radical (unpaired) electrons. The Morgan fingerprint density at radius 3 is 2.81 bits per heavy atom. The number of hydrogen-bond acceptors (Lipinski definition) is 5. The summed E-state index contributed by atoms with van der Waals surface area (Å²) in [5.41, 5.74) is 6.60. The molecule has 2 aromatic rings. The van der Waals surface area contributed by atoms with Gasteiger partial charge in [-0.05, 0) is 74.1 Å². The molecule has 6 nitrogen and oxygen atoms in total. The molecule has 4 heterocycles. The topological polar surface area (TPSA) is 58.5 Å². The molecular formula is C24H23ClN4O2. The van der Waals surface area contributed by atoms with Gasteiger partial charge in [-0.15, -0.1) is 0 Å². The molecule has 1 aromatic carbocycles. The summed E-state index contributed by atoms with van der Waals surface area (Å²) in [5, 5.41) is 5.99. The quantitative estimate of drug-likeness (QED) is 0.751. The van der Waals surface area contributed by atoms with Crippen molar-refractivity contribution in [2.45, 2.75) is 19.6 Å². The molecule has 0 bridgehead atoms. The van der Waals surface area contributed by atoms with Crippen LogP contribution in [0.15, 0.2) is 71.3 Å². The lowest BCUT2D eigenvalue weighted by Gasteiger charge is -2.34. The maximum absolute atomic E-state index is 13.8. The highest BCUT2D eigenvalue weighted by Gasteiger charge is 2.29. The van der Waals surface area contributed by atoms with Gasteiger partial charge in [0.25, 0.3) is 5.56 Å². The highest BCUT2D eigenvalue weighted by atomic mass is 35.5. The number of pyridine rings is 1. The average Bonchev–Trinajstić information content (AvgIpc) is 3.22. The lowest BCUT2D eigenvalue weighted by atomic mass is 9.99. The number of aromatic nitrogens is 1. The van der Waals surface area contributed by atoms with Crippen LogP contribution in [0.2, 0.25) is 5.02 Å². The van der Waals surface area contributed by atoms with Crippen molar-refractivity contribution in [3.05, 3.63) is 93.0 Å². The molecule has 3 aliphatic heterocycles. The molecule has 7 heteroatoms. The minimum Gasteiger partial charge on any atom is -0.353 e. The first-order valence-electron chi connectivity index (χ1n) is 10.3. The van der Waals surface area contributed by atoms with Crippen LogP contribution in [0.3, 0.4) is 0 Å². The standard InChI is InChI=1S/C24H23ClN4O2/c1-3-31-24(2)11-8-17-15-21(16-10-13-28-20(14-16)9-12-26-28)23(30)29(22(17)27-24)19-6-4-18(25)5-7-19/h4-11,13-15,26-27H,3,12H2,1-2H3/t24-/m0/s1.